The van der Waals surface area contributed by atoms with Crippen LogP contribution in [-0.2, 0) is 0 Å². The van der Waals surface area contributed by atoms with Crippen LogP contribution in [0.25, 0.3) is 0 Å². The summed E-state index contributed by atoms with van der Waals surface area (Å²) >= 11 is 0. The van der Waals surface area contributed by atoms with E-state index in [-0.39, 0.29) is 0 Å². The average molecular weight is 164 g/mol. The number of rotatable bonds is 2. The zero-order valence-corrected chi connectivity index (χ0v) is 8.18. The predicted molar refractivity (Wildman–Crippen MR) is 55.1 cm³/mol. The number of allylic oxidation sites excluding steroid dienone is 3. The normalized spacial score (nSPS) is 24.6. The summed E-state index contributed by atoms with van der Waals surface area (Å²) in [5.74, 6) is 0.806. The standard InChI is InChI=1S/C12H20/c1-3-11(2)12-9-7-5-4-6-8-10-12/h4-5,12H,2-3,6-10H2,1H3. The molecule has 0 heterocycles. The summed E-state index contributed by atoms with van der Waals surface area (Å²) in [6.45, 7) is 6.36. The molecular formula is C12H20. The Morgan fingerprint density at radius 3 is 2.83 bits per heavy atom. The number of hydrogen-bond acceptors (Lipinski definition) is 0. The fraction of sp³-hybridized carbons (Fsp3) is 0.667. The second-order valence-electron chi connectivity index (χ2n) is 3.69. The quantitative estimate of drug-likeness (QED) is 0.539. The van der Waals surface area contributed by atoms with Gasteiger partial charge in [-0.25, -0.2) is 0 Å². The van der Waals surface area contributed by atoms with Crippen molar-refractivity contribution < 1.29 is 0 Å². The van der Waals surface area contributed by atoms with Crippen LogP contribution in [0.2, 0.25) is 0 Å². The Labute approximate surface area is 76.4 Å². The van der Waals surface area contributed by atoms with Gasteiger partial charge in [-0.3, -0.25) is 0 Å². The molecule has 0 bridgehead atoms. The van der Waals surface area contributed by atoms with Gasteiger partial charge in [0.05, 0.1) is 0 Å². The molecular weight excluding hydrogens is 144 g/mol. The summed E-state index contributed by atoms with van der Waals surface area (Å²) in [6, 6.07) is 0. The third-order valence-corrected chi connectivity index (χ3v) is 2.80. The molecule has 0 heteroatoms. The third-order valence-electron chi connectivity index (χ3n) is 2.80. The minimum Gasteiger partial charge on any atom is -0.0996 e. The molecule has 0 aromatic carbocycles. The Hall–Kier alpha value is -0.520. The van der Waals surface area contributed by atoms with E-state index in [1.165, 1.54) is 37.7 Å². The minimum absolute atomic E-state index is 0.806. The number of hydrogen-bond donors (Lipinski definition) is 0. The molecule has 0 amide bonds. The molecule has 0 aliphatic heterocycles. The molecule has 0 saturated carbocycles. The highest BCUT2D eigenvalue weighted by Crippen LogP contribution is 2.26. The maximum Gasteiger partial charge on any atom is -0.0203 e. The van der Waals surface area contributed by atoms with Gasteiger partial charge in [-0.2, -0.15) is 0 Å². The lowest BCUT2D eigenvalue weighted by Gasteiger charge is -2.18. The minimum atomic E-state index is 0.806. The first-order chi connectivity index (χ1) is 5.84. The van der Waals surface area contributed by atoms with Crippen molar-refractivity contribution >= 4 is 0 Å². The molecule has 0 fully saturated rings. The smallest absolute Gasteiger partial charge is 0.0203 e. The molecule has 12 heavy (non-hydrogen) atoms. The van der Waals surface area contributed by atoms with E-state index in [0.29, 0.717) is 0 Å². The van der Waals surface area contributed by atoms with Crippen molar-refractivity contribution in [3.63, 3.8) is 0 Å². The van der Waals surface area contributed by atoms with E-state index in [1.807, 2.05) is 0 Å². The third kappa shape index (κ3) is 2.84. The van der Waals surface area contributed by atoms with Crippen molar-refractivity contribution in [2.24, 2.45) is 5.92 Å². The van der Waals surface area contributed by atoms with Crippen molar-refractivity contribution in [2.45, 2.75) is 45.4 Å². The fourth-order valence-electron chi connectivity index (χ4n) is 1.86. The van der Waals surface area contributed by atoms with Crippen molar-refractivity contribution in [3.05, 3.63) is 24.3 Å². The van der Waals surface area contributed by atoms with E-state index in [9.17, 15) is 0 Å². The van der Waals surface area contributed by atoms with E-state index in [4.69, 9.17) is 0 Å². The lowest BCUT2D eigenvalue weighted by Crippen LogP contribution is -2.04. The topological polar surface area (TPSA) is 0 Å². The van der Waals surface area contributed by atoms with Crippen molar-refractivity contribution in [3.8, 4) is 0 Å². The van der Waals surface area contributed by atoms with Gasteiger partial charge in [0.2, 0.25) is 0 Å². The lowest BCUT2D eigenvalue weighted by molar-refractivity contribution is 0.487. The highest BCUT2D eigenvalue weighted by Gasteiger charge is 2.10. The van der Waals surface area contributed by atoms with E-state index in [0.717, 1.165) is 12.3 Å². The molecule has 1 aliphatic rings. The maximum absolute atomic E-state index is 4.15. The molecule has 0 N–H and O–H groups in total. The van der Waals surface area contributed by atoms with Crippen LogP contribution >= 0.6 is 0 Å². The highest BCUT2D eigenvalue weighted by molar-refractivity contribution is 5.01. The van der Waals surface area contributed by atoms with Crippen LogP contribution in [0.1, 0.15) is 45.4 Å². The molecule has 0 saturated heterocycles. The molecule has 1 unspecified atom stereocenters. The summed E-state index contributed by atoms with van der Waals surface area (Å²) in [5, 5.41) is 0. The Bertz CT molecular complexity index is 165. The first-order valence-electron chi connectivity index (χ1n) is 5.17. The van der Waals surface area contributed by atoms with Crippen molar-refractivity contribution in [2.75, 3.05) is 0 Å². The van der Waals surface area contributed by atoms with E-state index >= 15 is 0 Å². The lowest BCUT2D eigenvalue weighted by atomic mass is 9.87. The van der Waals surface area contributed by atoms with Gasteiger partial charge in [0, 0.05) is 0 Å². The van der Waals surface area contributed by atoms with Gasteiger partial charge in [-0.1, -0.05) is 31.2 Å². The highest BCUT2D eigenvalue weighted by atomic mass is 14.2. The van der Waals surface area contributed by atoms with Crippen LogP contribution < -0.4 is 0 Å². The molecule has 0 aromatic heterocycles. The van der Waals surface area contributed by atoms with E-state index in [2.05, 4.69) is 25.7 Å². The van der Waals surface area contributed by atoms with Crippen LogP contribution in [0.3, 0.4) is 0 Å². The van der Waals surface area contributed by atoms with Gasteiger partial charge in [0.15, 0.2) is 0 Å². The van der Waals surface area contributed by atoms with Gasteiger partial charge in [0.25, 0.3) is 0 Å². The van der Waals surface area contributed by atoms with Gasteiger partial charge in [0.1, 0.15) is 0 Å². The first kappa shape index (κ1) is 9.57. The average Bonchev–Trinajstić information content (AvgIpc) is 2.02. The zero-order chi connectivity index (χ0) is 8.81. The molecule has 0 spiro atoms. The Kier molecular flexibility index (Phi) is 4.13. The zero-order valence-electron chi connectivity index (χ0n) is 8.18. The van der Waals surface area contributed by atoms with Crippen LogP contribution in [0.15, 0.2) is 24.3 Å². The summed E-state index contributed by atoms with van der Waals surface area (Å²) in [5.41, 5.74) is 1.46. The Balaban J connectivity index is 2.42. The van der Waals surface area contributed by atoms with Gasteiger partial charge < -0.3 is 0 Å². The Morgan fingerprint density at radius 2 is 2.08 bits per heavy atom. The maximum atomic E-state index is 4.15. The summed E-state index contributed by atoms with van der Waals surface area (Å²) in [7, 11) is 0. The molecule has 1 atom stereocenters. The van der Waals surface area contributed by atoms with Crippen molar-refractivity contribution in [1.82, 2.24) is 0 Å². The molecule has 1 aliphatic carbocycles. The van der Waals surface area contributed by atoms with Crippen molar-refractivity contribution in [1.29, 1.82) is 0 Å². The van der Waals surface area contributed by atoms with Crippen LogP contribution in [-0.4, -0.2) is 0 Å². The summed E-state index contributed by atoms with van der Waals surface area (Å²) < 4.78 is 0. The Morgan fingerprint density at radius 1 is 1.33 bits per heavy atom. The second-order valence-corrected chi connectivity index (χ2v) is 3.69. The van der Waals surface area contributed by atoms with Gasteiger partial charge in [-0.05, 0) is 44.4 Å². The first-order valence-corrected chi connectivity index (χ1v) is 5.17. The van der Waals surface area contributed by atoms with Gasteiger partial charge in [-0.15, -0.1) is 0 Å². The molecule has 0 aromatic rings. The molecule has 68 valence electrons. The molecule has 0 nitrogen and oxygen atoms in total. The molecule has 0 radical (unpaired) electrons. The second kappa shape index (κ2) is 5.18. The fourth-order valence-corrected chi connectivity index (χ4v) is 1.86. The van der Waals surface area contributed by atoms with Crippen LogP contribution in [0.5, 0.6) is 0 Å². The SMILES string of the molecule is C=C(CC)C1CCC=CCCC1. The molecule has 1 rings (SSSR count). The van der Waals surface area contributed by atoms with Crippen LogP contribution in [0.4, 0.5) is 0 Å². The monoisotopic (exact) mass is 164 g/mol. The summed E-state index contributed by atoms with van der Waals surface area (Å²) in [4.78, 5) is 0. The predicted octanol–water partition coefficient (Wildman–Crippen LogP) is 4.09. The summed E-state index contributed by atoms with van der Waals surface area (Å²) in [6.07, 6.45) is 12.4. The van der Waals surface area contributed by atoms with Crippen LogP contribution in [0, 0.1) is 5.92 Å². The van der Waals surface area contributed by atoms with E-state index in [1.54, 1.807) is 0 Å². The van der Waals surface area contributed by atoms with E-state index < -0.39 is 0 Å². The van der Waals surface area contributed by atoms with Gasteiger partial charge >= 0.3 is 0 Å². The largest absolute Gasteiger partial charge is 0.0996 e.